The number of benzene rings is 1. The summed E-state index contributed by atoms with van der Waals surface area (Å²) >= 11 is 5.68. The molecule has 8 heteroatoms. The summed E-state index contributed by atoms with van der Waals surface area (Å²) in [4.78, 5) is 11.0. The third kappa shape index (κ3) is 3.91. The summed E-state index contributed by atoms with van der Waals surface area (Å²) in [6.45, 7) is 5.29. The van der Waals surface area contributed by atoms with Crippen LogP contribution in [0.4, 0.5) is 4.39 Å². The van der Waals surface area contributed by atoms with Gasteiger partial charge in [0.15, 0.2) is 5.82 Å². The number of hydrogen-bond acceptors (Lipinski definition) is 4. The van der Waals surface area contributed by atoms with Gasteiger partial charge in [-0.05, 0) is 25.0 Å². The van der Waals surface area contributed by atoms with Crippen LogP contribution in [-0.2, 0) is 14.8 Å². The standard InChI is InChI=1S/C12H15ClFNO4S/c1-6(2)7(3)19-12(16)9-4-8(13)5-10(11(9)14)20(15,17)18/h4-7H,1-3H3,(H2,15,17,18). The number of carbonyl (C=O) groups excluding carboxylic acids is 1. The van der Waals surface area contributed by atoms with Crippen LogP contribution in [0, 0.1) is 11.7 Å². The number of primary sulfonamides is 1. The molecular weight excluding hydrogens is 309 g/mol. The van der Waals surface area contributed by atoms with Crippen LogP contribution in [0.5, 0.6) is 0 Å². The van der Waals surface area contributed by atoms with Gasteiger partial charge in [-0.1, -0.05) is 25.4 Å². The molecule has 0 aliphatic rings. The maximum Gasteiger partial charge on any atom is 0.341 e. The summed E-state index contributed by atoms with van der Waals surface area (Å²) in [5.41, 5.74) is -0.561. The number of esters is 1. The fourth-order valence-corrected chi connectivity index (χ4v) is 2.22. The Balaban J connectivity index is 3.26. The van der Waals surface area contributed by atoms with Crippen LogP contribution in [0.3, 0.4) is 0 Å². The van der Waals surface area contributed by atoms with Gasteiger partial charge in [0, 0.05) is 5.02 Å². The number of sulfonamides is 1. The Bertz CT molecular complexity index is 631. The van der Waals surface area contributed by atoms with Crippen molar-refractivity contribution in [3.05, 3.63) is 28.5 Å². The summed E-state index contributed by atoms with van der Waals surface area (Å²) in [6, 6.07) is 1.84. The van der Waals surface area contributed by atoms with E-state index in [1.54, 1.807) is 6.92 Å². The number of halogens is 2. The van der Waals surface area contributed by atoms with Crippen LogP contribution >= 0.6 is 11.6 Å². The molecule has 0 aromatic heterocycles. The average Bonchev–Trinajstić information content (AvgIpc) is 2.29. The molecule has 2 N–H and O–H groups in total. The minimum absolute atomic E-state index is 0.0268. The van der Waals surface area contributed by atoms with Crippen molar-refractivity contribution >= 4 is 27.6 Å². The highest BCUT2D eigenvalue weighted by Crippen LogP contribution is 2.24. The highest BCUT2D eigenvalue weighted by atomic mass is 35.5. The molecule has 0 spiro atoms. The van der Waals surface area contributed by atoms with Crippen molar-refractivity contribution in [1.82, 2.24) is 0 Å². The van der Waals surface area contributed by atoms with Gasteiger partial charge >= 0.3 is 5.97 Å². The van der Waals surface area contributed by atoms with Crippen molar-refractivity contribution in [2.45, 2.75) is 31.8 Å². The van der Waals surface area contributed by atoms with Crippen molar-refractivity contribution in [2.24, 2.45) is 11.1 Å². The zero-order valence-electron chi connectivity index (χ0n) is 11.2. The van der Waals surface area contributed by atoms with E-state index in [0.717, 1.165) is 12.1 Å². The van der Waals surface area contributed by atoms with E-state index in [0.29, 0.717) is 0 Å². The highest BCUT2D eigenvalue weighted by molar-refractivity contribution is 7.89. The van der Waals surface area contributed by atoms with Crippen molar-refractivity contribution < 1.29 is 22.3 Å². The van der Waals surface area contributed by atoms with E-state index in [1.165, 1.54) is 0 Å². The second kappa shape index (κ2) is 6.07. The summed E-state index contributed by atoms with van der Waals surface area (Å²) < 4.78 is 41.5. The van der Waals surface area contributed by atoms with Crippen LogP contribution in [0.2, 0.25) is 5.02 Å². The second-order valence-corrected chi connectivity index (χ2v) is 6.63. The summed E-state index contributed by atoms with van der Waals surface area (Å²) in [6.07, 6.45) is -0.459. The van der Waals surface area contributed by atoms with Gasteiger partial charge in [-0.3, -0.25) is 0 Å². The number of hydrogen-bond donors (Lipinski definition) is 1. The maximum absolute atomic E-state index is 14.0. The minimum Gasteiger partial charge on any atom is -0.459 e. The predicted octanol–water partition coefficient (Wildman–Crippen LogP) is 2.33. The van der Waals surface area contributed by atoms with Gasteiger partial charge in [0.2, 0.25) is 10.0 Å². The lowest BCUT2D eigenvalue weighted by atomic mass is 10.1. The van der Waals surface area contributed by atoms with Gasteiger partial charge in [0.1, 0.15) is 11.0 Å². The van der Waals surface area contributed by atoms with Gasteiger partial charge in [-0.25, -0.2) is 22.7 Å². The molecule has 0 saturated carbocycles. The highest BCUT2D eigenvalue weighted by Gasteiger charge is 2.25. The number of nitrogens with two attached hydrogens (primary N) is 1. The lowest BCUT2D eigenvalue weighted by molar-refractivity contribution is 0.0232. The molecule has 1 aromatic rings. The topological polar surface area (TPSA) is 86.5 Å². The summed E-state index contributed by atoms with van der Waals surface area (Å²) in [5.74, 6) is -2.23. The molecule has 1 rings (SSSR count). The Kier molecular flexibility index (Phi) is 5.12. The first kappa shape index (κ1) is 16.9. The van der Waals surface area contributed by atoms with Crippen LogP contribution in [0.25, 0.3) is 0 Å². The van der Waals surface area contributed by atoms with Gasteiger partial charge in [-0.15, -0.1) is 0 Å². The molecular formula is C12H15ClFNO4S. The molecule has 1 aromatic carbocycles. The van der Waals surface area contributed by atoms with E-state index in [9.17, 15) is 17.6 Å². The van der Waals surface area contributed by atoms with Crippen molar-refractivity contribution in [2.75, 3.05) is 0 Å². The third-order valence-corrected chi connectivity index (χ3v) is 3.89. The Hall–Kier alpha value is -1.18. The van der Waals surface area contributed by atoms with Crippen LogP contribution in [0.15, 0.2) is 17.0 Å². The molecule has 5 nitrogen and oxygen atoms in total. The molecule has 0 amide bonds. The molecule has 0 saturated heterocycles. The molecule has 20 heavy (non-hydrogen) atoms. The van der Waals surface area contributed by atoms with E-state index < -0.39 is 38.4 Å². The van der Waals surface area contributed by atoms with Crippen LogP contribution in [0.1, 0.15) is 31.1 Å². The average molecular weight is 324 g/mol. The van der Waals surface area contributed by atoms with Crippen molar-refractivity contribution in [3.8, 4) is 0 Å². The Morgan fingerprint density at radius 2 is 1.90 bits per heavy atom. The van der Waals surface area contributed by atoms with Crippen LogP contribution in [-0.4, -0.2) is 20.5 Å². The molecule has 0 aliphatic carbocycles. The van der Waals surface area contributed by atoms with Gasteiger partial charge in [0.05, 0.1) is 5.56 Å². The monoisotopic (exact) mass is 323 g/mol. The smallest absolute Gasteiger partial charge is 0.341 e. The van der Waals surface area contributed by atoms with Crippen molar-refractivity contribution in [1.29, 1.82) is 0 Å². The lowest BCUT2D eigenvalue weighted by Crippen LogP contribution is -2.22. The maximum atomic E-state index is 14.0. The zero-order valence-corrected chi connectivity index (χ0v) is 12.8. The Morgan fingerprint density at radius 3 is 2.35 bits per heavy atom. The Morgan fingerprint density at radius 1 is 1.35 bits per heavy atom. The normalized spacial score (nSPS) is 13.3. The van der Waals surface area contributed by atoms with Crippen molar-refractivity contribution in [3.63, 3.8) is 0 Å². The first-order valence-electron chi connectivity index (χ1n) is 5.77. The van der Waals surface area contributed by atoms with E-state index in [4.69, 9.17) is 21.5 Å². The van der Waals surface area contributed by atoms with Gasteiger partial charge in [0.25, 0.3) is 0 Å². The third-order valence-electron chi connectivity index (χ3n) is 2.76. The van der Waals surface area contributed by atoms with Gasteiger partial charge < -0.3 is 4.74 Å². The first-order chi connectivity index (χ1) is 9.04. The first-order valence-corrected chi connectivity index (χ1v) is 7.69. The fourth-order valence-electron chi connectivity index (χ4n) is 1.29. The number of carbonyl (C=O) groups is 1. The number of ether oxygens (including phenoxy) is 1. The fraction of sp³-hybridized carbons (Fsp3) is 0.417. The SMILES string of the molecule is CC(C)C(C)OC(=O)c1cc(Cl)cc(S(N)(=O)=O)c1F. The number of rotatable bonds is 4. The molecule has 1 atom stereocenters. The van der Waals surface area contributed by atoms with E-state index in [-0.39, 0.29) is 10.9 Å². The molecule has 0 aliphatic heterocycles. The minimum atomic E-state index is -4.32. The predicted molar refractivity (Wildman–Crippen MR) is 72.5 cm³/mol. The Labute approximate surface area is 121 Å². The second-order valence-electron chi connectivity index (χ2n) is 4.66. The van der Waals surface area contributed by atoms with E-state index in [1.807, 2.05) is 13.8 Å². The van der Waals surface area contributed by atoms with E-state index in [2.05, 4.69) is 0 Å². The largest absolute Gasteiger partial charge is 0.459 e. The molecule has 1 unspecified atom stereocenters. The van der Waals surface area contributed by atoms with E-state index >= 15 is 0 Å². The summed E-state index contributed by atoms with van der Waals surface area (Å²) in [5, 5.41) is 4.74. The molecule has 0 heterocycles. The van der Waals surface area contributed by atoms with Gasteiger partial charge in [-0.2, -0.15) is 0 Å². The lowest BCUT2D eigenvalue weighted by Gasteiger charge is -2.17. The summed E-state index contributed by atoms with van der Waals surface area (Å²) in [7, 11) is -4.32. The molecule has 112 valence electrons. The van der Waals surface area contributed by atoms with Crippen LogP contribution < -0.4 is 5.14 Å². The quantitative estimate of drug-likeness (QED) is 0.861. The molecule has 0 radical (unpaired) electrons. The zero-order chi connectivity index (χ0) is 15.7. The molecule has 0 fully saturated rings. The molecule has 0 bridgehead atoms.